The maximum absolute atomic E-state index is 12.2. The van der Waals surface area contributed by atoms with Gasteiger partial charge in [0.1, 0.15) is 5.76 Å². The number of aromatic nitrogens is 2. The molecule has 0 aliphatic rings. The van der Waals surface area contributed by atoms with E-state index in [0.717, 1.165) is 17.1 Å². The Morgan fingerprint density at radius 1 is 1.43 bits per heavy atom. The number of rotatable bonds is 8. The highest BCUT2D eigenvalue weighted by molar-refractivity contribution is 7.93. The van der Waals surface area contributed by atoms with Gasteiger partial charge in [0.2, 0.25) is 19.3 Å². The second-order valence-corrected chi connectivity index (χ2v) is 8.98. The highest BCUT2D eigenvalue weighted by atomic mass is 32.2. The highest BCUT2D eigenvalue weighted by Gasteiger charge is 2.23. The van der Waals surface area contributed by atoms with Gasteiger partial charge in [-0.25, -0.2) is 8.42 Å². The molecule has 0 spiro atoms. The lowest BCUT2D eigenvalue weighted by molar-refractivity contribution is 0.445. The minimum absolute atomic E-state index is 0.00536. The van der Waals surface area contributed by atoms with Gasteiger partial charge in [-0.15, -0.1) is 10.2 Å². The van der Waals surface area contributed by atoms with Crippen molar-refractivity contribution in [3.8, 4) is 6.07 Å². The van der Waals surface area contributed by atoms with E-state index in [-0.39, 0.29) is 10.1 Å². The molecular weight excluding hydrogens is 336 g/mol. The van der Waals surface area contributed by atoms with Crippen molar-refractivity contribution < 1.29 is 12.8 Å². The van der Waals surface area contributed by atoms with Crippen LogP contribution in [0.25, 0.3) is 0 Å². The molecule has 0 radical (unpaired) electrons. The molecule has 0 unspecified atom stereocenters. The summed E-state index contributed by atoms with van der Waals surface area (Å²) in [4.78, 5) is 0. The van der Waals surface area contributed by atoms with Gasteiger partial charge in [-0.1, -0.05) is 11.3 Å². The lowest BCUT2D eigenvalue weighted by Gasteiger charge is -2.13. The number of hydrogen-bond donors (Lipinski definition) is 1. The molecule has 0 aliphatic carbocycles. The van der Waals surface area contributed by atoms with Crippen molar-refractivity contribution in [1.82, 2.24) is 10.2 Å². The zero-order chi connectivity index (χ0) is 16.9. The van der Waals surface area contributed by atoms with Crippen LogP contribution in [0.2, 0.25) is 0 Å². The van der Waals surface area contributed by atoms with Gasteiger partial charge >= 0.3 is 0 Å². The van der Waals surface area contributed by atoms with Gasteiger partial charge in [0, 0.05) is 0 Å². The van der Waals surface area contributed by atoms with Crippen LogP contribution in [0.4, 0.5) is 5.13 Å². The van der Waals surface area contributed by atoms with E-state index in [1.807, 2.05) is 6.07 Å². The maximum atomic E-state index is 12.2. The molecule has 2 heterocycles. The van der Waals surface area contributed by atoms with E-state index in [2.05, 4.69) is 21.6 Å². The van der Waals surface area contributed by atoms with Gasteiger partial charge in [0.15, 0.2) is 0 Å². The lowest BCUT2D eigenvalue weighted by Crippen LogP contribution is -2.12. The lowest BCUT2D eigenvalue weighted by atomic mass is 9.90. The number of nitrogens with one attached hydrogen (secondary N) is 1. The van der Waals surface area contributed by atoms with Crippen LogP contribution in [-0.2, 0) is 16.4 Å². The molecule has 7 nitrogen and oxygen atoms in total. The van der Waals surface area contributed by atoms with Crippen molar-refractivity contribution in [2.75, 3.05) is 11.1 Å². The average Bonchev–Trinajstić information content (AvgIpc) is 3.16. The Morgan fingerprint density at radius 2 is 2.22 bits per heavy atom. The molecule has 2 rings (SSSR count). The molecule has 1 N–H and O–H groups in total. The monoisotopic (exact) mass is 354 g/mol. The van der Waals surface area contributed by atoms with E-state index in [9.17, 15) is 8.42 Å². The fraction of sp³-hybridized carbons (Fsp3) is 0.500. The van der Waals surface area contributed by atoms with Gasteiger partial charge in [-0.2, -0.15) is 5.26 Å². The summed E-state index contributed by atoms with van der Waals surface area (Å²) in [6, 6.07) is 5.74. The summed E-state index contributed by atoms with van der Waals surface area (Å²) in [5.41, 5.74) is -0.521. The molecule has 2 aromatic rings. The zero-order valence-electron chi connectivity index (χ0n) is 12.9. The van der Waals surface area contributed by atoms with Gasteiger partial charge in [-0.3, -0.25) is 0 Å². The van der Waals surface area contributed by atoms with Crippen molar-refractivity contribution >= 4 is 26.3 Å². The van der Waals surface area contributed by atoms with Crippen LogP contribution < -0.4 is 5.32 Å². The number of furan rings is 1. The molecular formula is C14H18N4O3S2. The van der Waals surface area contributed by atoms with Crippen LogP contribution in [0.1, 0.15) is 32.4 Å². The Kier molecular flexibility index (Phi) is 5.38. The summed E-state index contributed by atoms with van der Waals surface area (Å²) in [7, 11) is -3.47. The molecule has 0 bridgehead atoms. The van der Waals surface area contributed by atoms with Crippen LogP contribution >= 0.6 is 11.3 Å². The molecule has 0 atom stereocenters. The maximum Gasteiger partial charge on any atom is 0.234 e. The first-order chi connectivity index (χ1) is 10.8. The summed E-state index contributed by atoms with van der Waals surface area (Å²) >= 11 is 0.997. The van der Waals surface area contributed by atoms with Gasteiger partial charge in [-0.05, 0) is 38.8 Å². The molecule has 0 aromatic carbocycles. The van der Waals surface area contributed by atoms with Crippen molar-refractivity contribution in [1.29, 1.82) is 5.26 Å². The molecule has 0 saturated heterocycles. The third-order valence-corrected chi connectivity index (χ3v) is 6.31. The number of hydrogen-bond acceptors (Lipinski definition) is 8. The first-order valence-corrected chi connectivity index (χ1v) is 9.53. The predicted molar refractivity (Wildman–Crippen MR) is 86.6 cm³/mol. The fourth-order valence-corrected chi connectivity index (χ4v) is 4.16. The number of nitriles is 1. The van der Waals surface area contributed by atoms with Crippen molar-refractivity contribution in [2.24, 2.45) is 5.41 Å². The second-order valence-electron chi connectivity index (χ2n) is 5.72. The minimum atomic E-state index is -3.47. The minimum Gasteiger partial charge on any atom is -0.467 e. The van der Waals surface area contributed by atoms with Crippen LogP contribution in [0.5, 0.6) is 0 Å². The van der Waals surface area contributed by atoms with Gasteiger partial charge in [0.05, 0.1) is 30.0 Å². The van der Waals surface area contributed by atoms with Crippen molar-refractivity contribution in [2.45, 2.75) is 37.6 Å². The zero-order valence-corrected chi connectivity index (χ0v) is 14.6. The van der Waals surface area contributed by atoms with Crippen LogP contribution in [-0.4, -0.2) is 24.4 Å². The van der Waals surface area contributed by atoms with E-state index >= 15 is 0 Å². The quantitative estimate of drug-likeness (QED) is 0.776. The molecule has 2 aromatic heterocycles. The van der Waals surface area contributed by atoms with E-state index in [4.69, 9.17) is 9.68 Å². The van der Waals surface area contributed by atoms with E-state index < -0.39 is 15.3 Å². The fourth-order valence-electron chi connectivity index (χ4n) is 1.83. The summed E-state index contributed by atoms with van der Waals surface area (Å²) in [6.45, 7) is 4.00. The topological polar surface area (TPSA) is 109 Å². The van der Waals surface area contributed by atoms with Crippen molar-refractivity contribution in [3.63, 3.8) is 0 Å². The number of anilines is 1. The molecule has 23 heavy (non-hydrogen) atoms. The Bertz CT molecular complexity index is 773. The summed E-state index contributed by atoms with van der Waals surface area (Å²) in [6.07, 6.45) is 2.50. The first kappa shape index (κ1) is 17.4. The van der Waals surface area contributed by atoms with Gasteiger partial charge < -0.3 is 9.73 Å². The summed E-state index contributed by atoms with van der Waals surface area (Å²) in [5, 5.41) is 19.9. The average molecular weight is 354 g/mol. The first-order valence-electron chi connectivity index (χ1n) is 7.06. The van der Waals surface area contributed by atoms with E-state index in [0.29, 0.717) is 24.5 Å². The molecule has 0 fully saturated rings. The smallest absolute Gasteiger partial charge is 0.234 e. The van der Waals surface area contributed by atoms with Gasteiger partial charge in [0.25, 0.3) is 0 Å². The molecule has 124 valence electrons. The van der Waals surface area contributed by atoms with E-state index in [1.54, 1.807) is 26.2 Å². The summed E-state index contributed by atoms with van der Waals surface area (Å²) < 4.78 is 29.6. The number of nitrogens with zero attached hydrogens (tertiary/aromatic N) is 3. The van der Waals surface area contributed by atoms with Crippen molar-refractivity contribution in [3.05, 3.63) is 24.2 Å². The SMILES string of the molecule is CC(C)(C#N)CCCS(=O)(=O)c1nnc(NCc2ccco2)s1. The highest BCUT2D eigenvalue weighted by Crippen LogP contribution is 2.25. The normalized spacial score (nSPS) is 12.0. The van der Waals surface area contributed by atoms with E-state index in [1.165, 1.54) is 0 Å². The third kappa shape index (κ3) is 5.04. The third-order valence-electron chi connectivity index (χ3n) is 3.18. The molecule has 0 aliphatic heterocycles. The Balaban J connectivity index is 1.91. The molecule has 0 saturated carbocycles. The van der Waals surface area contributed by atoms with Crippen LogP contribution in [0, 0.1) is 16.7 Å². The molecule has 0 amide bonds. The second kappa shape index (κ2) is 7.10. The number of sulfone groups is 1. The Labute approximate surface area is 139 Å². The standard InChI is InChI=1S/C14H18N4O3S2/c1-14(2,10-15)6-4-8-23(19,20)13-18-17-12(22-13)16-9-11-5-3-7-21-11/h3,5,7H,4,6,8-9H2,1-2H3,(H,16,17). The molecule has 9 heteroatoms. The Morgan fingerprint density at radius 3 is 2.87 bits per heavy atom. The Hall–Kier alpha value is -1.92. The largest absolute Gasteiger partial charge is 0.467 e. The predicted octanol–water partition coefficient (Wildman–Crippen LogP) is 2.85. The summed E-state index contributed by atoms with van der Waals surface area (Å²) in [5.74, 6) is 0.689. The van der Waals surface area contributed by atoms with Crippen LogP contribution in [0.15, 0.2) is 27.2 Å². The van der Waals surface area contributed by atoms with Crippen LogP contribution in [0.3, 0.4) is 0 Å².